The van der Waals surface area contributed by atoms with Crippen LogP contribution in [0.4, 0.5) is 0 Å². The van der Waals surface area contributed by atoms with Gasteiger partial charge in [0.25, 0.3) is 0 Å². The summed E-state index contributed by atoms with van der Waals surface area (Å²) < 4.78 is 34.8. The Kier molecular flexibility index (Phi) is 68.9. The lowest BCUT2D eigenvalue weighted by Gasteiger charge is -2.24. The molecule has 0 heterocycles. The quantitative estimate of drug-likeness (QED) is 0.0211. The molecule has 2 atom stereocenters. The molecule has 9 nitrogen and oxygen atoms in total. The summed E-state index contributed by atoms with van der Waals surface area (Å²) in [4.78, 5) is 36.0. The third-order valence-corrected chi connectivity index (χ3v) is 17.5. The Hall–Kier alpha value is -3.59. The number of esters is 2. The zero-order valence-corrected chi connectivity index (χ0v) is 61.4. The molecule has 0 aromatic carbocycles. The van der Waals surface area contributed by atoms with Gasteiger partial charge in [0, 0.05) is 12.8 Å². The van der Waals surface area contributed by atoms with Crippen LogP contribution in [0, 0.1) is 0 Å². The van der Waals surface area contributed by atoms with Crippen molar-refractivity contribution in [3.63, 3.8) is 0 Å². The maximum Gasteiger partial charge on any atom is 0.472 e. The highest BCUT2D eigenvalue weighted by Crippen LogP contribution is 2.43. The lowest BCUT2D eigenvalue weighted by atomic mass is 10.0. The molecule has 0 aromatic rings. The molecule has 10 heteroatoms. The van der Waals surface area contributed by atoms with E-state index in [0.29, 0.717) is 17.4 Å². The van der Waals surface area contributed by atoms with Crippen molar-refractivity contribution in [1.82, 2.24) is 0 Å². The average molecular weight is 1300 g/mol. The van der Waals surface area contributed by atoms with Gasteiger partial charge in [-0.2, -0.15) is 0 Å². The number of nitrogens with zero attached hydrogens (tertiary/aromatic N) is 1. The normalized spacial score (nSPS) is 13.8. The van der Waals surface area contributed by atoms with Crippen LogP contribution in [0.3, 0.4) is 0 Å². The molecule has 0 saturated carbocycles. The first-order valence-electron chi connectivity index (χ1n) is 38.3. The van der Waals surface area contributed by atoms with E-state index in [4.69, 9.17) is 18.5 Å². The summed E-state index contributed by atoms with van der Waals surface area (Å²) in [5, 5.41) is 0. The van der Waals surface area contributed by atoms with E-state index in [9.17, 15) is 19.0 Å². The molecule has 0 saturated heterocycles. The zero-order valence-electron chi connectivity index (χ0n) is 60.5. The number of phosphoric acid groups is 1. The van der Waals surface area contributed by atoms with Gasteiger partial charge >= 0.3 is 19.8 Å². The summed E-state index contributed by atoms with van der Waals surface area (Å²) in [6, 6.07) is 0. The van der Waals surface area contributed by atoms with E-state index < -0.39 is 26.5 Å². The minimum atomic E-state index is -4.40. The van der Waals surface area contributed by atoms with Crippen molar-refractivity contribution in [3.05, 3.63) is 122 Å². The predicted molar refractivity (Wildman–Crippen MR) is 399 cm³/mol. The van der Waals surface area contributed by atoms with E-state index in [-0.39, 0.29) is 32.0 Å². The van der Waals surface area contributed by atoms with E-state index in [2.05, 4.69) is 135 Å². The molecule has 0 aliphatic rings. The first kappa shape index (κ1) is 88.4. The fourth-order valence-corrected chi connectivity index (χ4v) is 11.5. The third kappa shape index (κ3) is 75.4. The number of likely N-dealkylation sites (N-methyl/N-ethyl adjacent to an activating group) is 1. The molecule has 0 radical (unpaired) electrons. The molecular formula is C82H145NO8P+. The van der Waals surface area contributed by atoms with Gasteiger partial charge in [-0.1, -0.05) is 341 Å². The van der Waals surface area contributed by atoms with Gasteiger partial charge in [0.1, 0.15) is 19.8 Å². The Labute approximate surface area is 568 Å². The highest BCUT2D eigenvalue weighted by atomic mass is 31.2. The molecule has 530 valence electrons. The maximum atomic E-state index is 12.9. The van der Waals surface area contributed by atoms with Crippen LogP contribution in [0.5, 0.6) is 0 Å². The van der Waals surface area contributed by atoms with Crippen LogP contribution in [0.25, 0.3) is 0 Å². The number of allylic oxidation sites excluding steroid dienone is 20. The van der Waals surface area contributed by atoms with Crippen LogP contribution < -0.4 is 0 Å². The van der Waals surface area contributed by atoms with Gasteiger partial charge < -0.3 is 18.9 Å². The lowest BCUT2D eigenvalue weighted by Crippen LogP contribution is -2.37. The number of ether oxygens (including phenoxy) is 2. The van der Waals surface area contributed by atoms with Crippen molar-refractivity contribution in [2.45, 2.75) is 341 Å². The molecule has 0 amide bonds. The van der Waals surface area contributed by atoms with E-state index in [1.807, 2.05) is 21.1 Å². The molecule has 0 aliphatic carbocycles. The topological polar surface area (TPSA) is 108 Å². The number of carbonyl (C=O) groups excluding carboxylic acids is 2. The Morgan fingerprint density at radius 2 is 0.587 bits per heavy atom. The molecule has 92 heavy (non-hydrogen) atoms. The van der Waals surface area contributed by atoms with Crippen molar-refractivity contribution < 1.29 is 42.1 Å². The molecular weight excluding hydrogens is 1160 g/mol. The van der Waals surface area contributed by atoms with E-state index >= 15 is 0 Å². The number of unbranched alkanes of at least 4 members (excludes halogenated alkanes) is 36. The largest absolute Gasteiger partial charge is 0.472 e. The van der Waals surface area contributed by atoms with Gasteiger partial charge in [0.15, 0.2) is 6.10 Å². The van der Waals surface area contributed by atoms with Crippen LogP contribution in [0.2, 0.25) is 0 Å². The summed E-state index contributed by atoms with van der Waals surface area (Å²) in [7, 11) is 1.48. The molecule has 0 aromatic heterocycles. The van der Waals surface area contributed by atoms with Gasteiger partial charge in [0.05, 0.1) is 27.7 Å². The summed E-state index contributed by atoms with van der Waals surface area (Å²) in [5.74, 6) is -0.787. The Bertz CT molecular complexity index is 1970. The van der Waals surface area contributed by atoms with Gasteiger partial charge in [-0.3, -0.25) is 18.6 Å². The summed E-state index contributed by atoms with van der Waals surface area (Å²) in [5.41, 5.74) is 0. The lowest BCUT2D eigenvalue weighted by molar-refractivity contribution is -0.870. The van der Waals surface area contributed by atoms with Crippen molar-refractivity contribution in [2.75, 3.05) is 47.5 Å². The Morgan fingerprint density at radius 3 is 0.870 bits per heavy atom. The van der Waals surface area contributed by atoms with Crippen LogP contribution in [-0.2, 0) is 32.7 Å². The standard InChI is InChI=1S/C82H144NO8P/c1-6-8-10-12-14-16-18-20-22-24-26-28-30-32-34-36-38-39-40-41-42-43-45-47-49-51-53-55-57-59-61-63-65-67-69-71-73-75-82(85)91-80(79-90-92(86,87)89-77-76-83(3,4)5)78-88-81(84)74-72-70-68-66-64-62-60-58-56-54-52-50-48-46-44-37-35-33-31-29-27-25-23-21-19-17-15-13-11-9-7-2/h8-11,14-17,20-23,26-29,32-35,80H,6-7,12-13,18-19,24-25,30-31,36-79H2,1-5H3/p+1/b10-8-,11-9-,16-14-,17-15-,22-20-,23-21-,28-26-,29-27-,34-32-,35-33-. The fraction of sp³-hybridized carbons (Fsp3) is 0.732. The number of quaternary nitrogens is 1. The second kappa shape index (κ2) is 71.7. The van der Waals surface area contributed by atoms with Gasteiger partial charge in [-0.15, -0.1) is 0 Å². The van der Waals surface area contributed by atoms with Crippen molar-refractivity contribution in [2.24, 2.45) is 0 Å². The van der Waals surface area contributed by atoms with Crippen LogP contribution >= 0.6 is 7.82 Å². The van der Waals surface area contributed by atoms with Gasteiger partial charge in [-0.05, 0) is 103 Å². The highest BCUT2D eigenvalue weighted by molar-refractivity contribution is 7.47. The fourth-order valence-electron chi connectivity index (χ4n) is 10.7. The highest BCUT2D eigenvalue weighted by Gasteiger charge is 2.27. The van der Waals surface area contributed by atoms with E-state index in [1.54, 1.807) is 0 Å². The van der Waals surface area contributed by atoms with Crippen LogP contribution in [0.15, 0.2) is 122 Å². The first-order chi connectivity index (χ1) is 45.0. The SMILES string of the molecule is CC/C=C\C/C=C\C/C=C\C/C=C\C/C=C\CCCCCCCCCCCCCCCCCCCCCCCC(=O)OC(COC(=O)CCCCCCCCCCCCCCCCC/C=C\C/C=C\C/C=C\C/C=C\C/C=C\CC)COP(=O)(O)OCC[N+](C)(C)C. The third-order valence-electron chi connectivity index (χ3n) is 16.5. The molecule has 0 fully saturated rings. The smallest absolute Gasteiger partial charge is 0.462 e. The first-order valence-corrected chi connectivity index (χ1v) is 39.8. The van der Waals surface area contributed by atoms with Crippen molar-refractivity contribution >= 4 is 19.8 Å². The summed E-state index contributed by atoms with van der Waals surface area (Å²) >= 11 is 0. The average Bonchev–Trinajstić information content (AvgIpc) is 2.34. The minimum absolute atomic E-state index is 0.0297. The second-order valence-electron chi connectivity index (χ2n) is 26.6. The summed E-state index contributed by atoms with van der Waals surface area (Å²) in [6.45, 7) is 4.24. The predicted octanol–water partition coefficient (Wildman–Crippen LogP) is 25.4. The molecule has 0 rings (SSSR count). The van der Waals surface area contributed by atoms with E-state index in [1.165, 1.54) is 205 Å². The Morgan fingerprint density at radius 1 is 0.337 bits per heavy atom. The summed E-state index contributed by atoms with van der Waals surface area (Å²) in [6.07, 6.45) is 103. The maximum absolute atomic E-state index is 12.9. The van der Waals surface area contributed by atoms with Crippen LogP contribution in [0.1, 0.15) is 335 Å². The number of hydrogen-bond donors (Lipinski definition) is 1. The molecule has 0 aliphatic heterocycles. The Balaban J connectivity index is 3.97. The number of carbonyl (C=O) groups is 2. The second-order valence-corrected chi connectivity index (χ2v) is 28.1. The minimum Gasteiger partial charge on any atom is -0.462 e. The number of phosphoric ester groups is 1. The van der Waals surface area contributed by atoms with Crippen LogP contribution in [-0.4, -0.2) is 74.9 Å². The molecule has 1 N–H and O–H groups in total. The number of rotatable bonds is 70. The molecule has 2 unspecified atom stereocenters. The number of hydrogen-bond acceptors (Lipinski definition) is 7. The zero-order chi connectivity index (χ0) is 66.9. The van der Waals surface area contributed by atoms with Gasteiger partial charge in [-0.25, -0.2) is 4.57 Å². The molecule has 0 spiro atoms. The molecule has 0 bridgehead atoms. The monoisotopic (exact) mass is 1300 g/mol. The van der Waals surface area contributed by atoms with Crippen molar-refractivity contribution in [1.29, 1.82) is 0 Å². The van der Waals surface area contributed by atoms with Gasteiger partial charge in [0.2, 0.25) is 0 Å². The van der Waals surface area contributed by atoms with Crippen molar-refractivity contribution in [3.8, 4) is 0 Å². The van der Waals surface area contributed by atoms with E-state index in [0.717, 1.165) is 96.3 Å².